The fourth-order valence-electron chi connectivity index (χ4n) is 4.35. The summed E-state index contributed by atoms with van der Waals surface area (Å²) in [5.41, 5.74) is 2.32. The Morgan fingerprint density at radius 2 is 1.79 bits per heavy atom. The van der Waals surface area contributed by atoms with E-state index in [2.05, 4.69) is 54.7 Å². The SMILES string of the molecule is CN=C(NCc1ccnc(N2CCCC2)c1)NC1CCN(c2cc(OC)cc(OC)c2)C1.I. The average molecular weight is 566 g/mol. The summed E-state index contributed by atoms with van der Waals surface area (Å²) in [4.78, 5) is 13.7. The molecule has 180 valence electrons. The zero-order valence-electron chi connectivity index (χ0n) is 19.7. The molecule has 1 atom stereocenters. The number of aromatic nitrogens is 1. The Balaban J connectivity index is 0.00000306. The van der Waals surface area contributed by atoms with Crippen LogP contribution in [0.25, 0.3) is 0 Å². The number of benzene rings is 1. The first kappa shape index (κ1) is 25.2. The van der Waals surface area contributed by atoms with Crippen molar-refractivity contribution in [2.75, 3.05) is 57.2 Å². The summed E-state index contributed by atoms with van der Waals surface area (Å²) >= 11 is 0. The summed E-state index contributed by atoms with van der Waals surface area (Å²) in [6.45, 7) is 4.78. The van der Waals surface area contributed by atoms with Gasteiger partial charge in [0.1, 0.15) is 17.3 Å². The van der Waals surface area contributed by atoms with Crippen LogP contribution in [0.1, 0.15) is 24.8 Å². The molecule has 9 heteroatoms. The molecule has 33 heavy (non-hydrogen) atoms. The quantitative estimate of drug-likeness (QED) is 0.303. The molecule has 0 radical (unpaired) electrons. The molecule has 2 aliphatic heterocycles. The molecule has 2 N–H and O–H groups in total. The molecule has 3 heterocycles. The van der Waals surface area contributed by atoms with Crippen LogP contribution < -0.4 is 29.9 Å². The minimum Gasteiger partial charge on any atom is -0.497 e. The van der Waals surface area contributed by atoms with Crippen LogP contribution >= 0.6 is 24.0 Å². The monoisotopic (exact) mass is 566 g/mol. The molecule has 8 nitrogen and oxygen atoms in total. The second kappa shape index (κ2) is 12.2. The second-order valence-electron chi connectivity index (χ2n) is 8.29. The van der Waals surface area contributed by atoms with Gasteiger partial charge < -0.3 is 29.9 Å². The molecule has 4 rings (SSSR count). The number of rotatable bonds is 7. The van der Waals surface area contributed by atoms with Gasteiger partial charge in [-0.25, -0.2) is 4.98 Å². The van der Waals surface area contributed by atoms with Crippen LogP contribution in [0.15, 0.2) is 41.5 Å². The third-order valence-corrected chi connectivity index (χ3v) is 6.15. The fraction of sp³-hybridized carbons (Fsp3) is 0.500. The predicted octanol–water partition coefficient (Wildman–Crippen LogP) is 3.26. The number of hydrogen-bond donors (Lipinski definition) is 2. The standard InChI is InChI=1S/C24H34N6O2.HI/c1-25-24(27-16-18-6-8-26-23(12-18)29-9-4-5-10-29)28-19-7-11-30(17-19)20-13-21(31-2)15-22(14-20)32-3;/h6,8,12-15,19H,4-5,7,9-11,16-17H2,1-3H3,(H2,25,27,28);1H. The molecule has 1 unspecified atom stereocenters. The van der Waals surface area contributed by atoms with E-state index in [9.17, 15) is 0 Å². The second-order valence-corrected chi connectivity index (χ2v) is 8.29. The topological polar surface area (TPSA) is 74.3 Å². The molecule has 1 aromatic heterocycles. The van der Waals surface area contributed by atoms with E-state index in [1.807, 2.05) is 19.3 Å². The lowest BCUT2D eigenvalue weighted by Crippen LogP contribution is -2.44. The maximum absolute atomic E-state index is 5.42. The van der Waals surface area contributed by atoms with Crippen LogP contribution in [0, 0.1) is 0 Å². The van der Waals surface area contributed by atoms with E-state index in [1.54, 1.807) is 14.2 Å². The van der Waals surface area contributed by atoms with Crippen molar-refractivity contribution < 1.29 is 9.47 Å². The molecule has 2 aliphatic rings. The highest BCUT2D eigenvalue weighted by Crippen LogP contribution is 2.30. The largest absolute Gasteiger partial charge is 0.497 e. The minimum absolute atomic E-state index is 0. The number of halogens is 1. The Bertz CT molecular complexity index is 913. The maximum atomic E-state index is 5.42. The molecule has 2 fully saturated rings. The summed E-state index contributed by atoms with van der Waals surface area (Å²) in [5, 5.41) is 7.03. The summed E-state index contributed by atoms with van der Waals surface area (Å²) in [6.07, 6.45) is 5.44. The molecule has 0 spiro atoms. The number of anilines is 2. The smallest absolute Gasteiger partial charge is 0.191 e. The van der Waals surface area contributed by atoms with Crippen LogP contribution in [0.5, 0.6) is 11.5 Å². The van der Waals surface area contributed by atoms with Crippen LogP contribution in [0.2, 0.25) is 0 Å². The van der Waals surface area contributed by atoms with Crippen LogP contribution in [-0.2, 0) is 6.54 Å². The lowest BCUT2D eigenvalue weighted by atomic mass is 10.2. The van der Waals surface area contributed by atoms with Gasteiger partial charge in [-0.2, -0.15) is 0 Å². The first-order valence-corrected chi connectivity index (χ1v) is 11.3. The maximum Gasteiger partial charge on any atom is 0.191 e. The van der Waals surface area contributed by atoms with Crippen molar-refractivity contribution in [1.82, 2.24) is 15.6 Å². The number of nitrogens with one attached hydrogen (secondary N) is 2. The van der Waals surface area contributed by atoms with Gasteiger partial charge in [-0.15, -0.1) is 24.0 Å². The van der Waals surface area contributed by atoms with Crippen molar-refractivity contribution in [2.24, 2.45) is 4.99 Å². The van der Waals surface area contributed by atoms with Gasteiger partial charge in [0.25, 0.3) is 0 Å². The zero-order valence-corrected chi connectivity index (χ0v) is 22.0. The molecule has 0 bridgehead atoms. The molecular formula is C24H35IN6O2. The van der Waals surface area contributed by atoms with E-state index in [4.69, 9.17) is 9.47 Å². The number of guanidine groups is 1. The van der Waals surface area contributed by atoms with Crippen molar-refractivity contribution in [3.8, 4) is 11.5 Å². The van der Waals surface area contributed by atoms with Gasteiger partial charge in [-0.05, 0) is 37.0 Å². The van der Waals surface area contributed by atoms with E-state index in [0.717, 1.165) is 61.6 Å². The normalized spacial score (nSPS) is 18.2. The molecule has 2 saturated heterocycles. The number of ether oxygens (including phenoxy) is 2. The Hall–Kier alpha value is -2.43. The minimum atomic E-state index is 0. The first-order chi connectivity index (χ1) is 15.7. The van der Waals surface area contributed by atoms with E-state index in [-0.39, 0.29) is 24.0 Å². The van der Waals surface area contributed by atoms with Crippen LogP contribution in [0.4, 0.5) is 11.5 Å². The number of aliphatic imine (C=N–C) groups is 1. The van der Waals surface area contributed by atoms with Gasteiger partial charge in [0.05, 0.1) is 14.2 Å². The third kappa shape index (κ3) is 6.55. The van der Waals surface area contributed by atoms with E-state index < -0.39 is 0 Å². The lowest BCUT2D eigenvalue weighted by molar-refractivity contribution is 0.394. The van der Waals surface area contributed by atoms with E-state index >= 15 is 0 Å². The lowest BCUT2D eigenvalue weighted by Gasteiger charge is -2.22. The Kier molecular flexibility index (Phi) is 9.28. The van der Waals surface area contributed by atoms with Crippen molar-refractivity contribution >= 4 is 41.4 Å². The Labute approximate surface area is 213 Å². The number of hydrogen-bond acceptors (Lipinski definition) is 6. The highest BCUT2D eigenvalue weighted by atomic mass is 127. The van der Waals surface area contributed by atoms with Gasteiger partial charge in [-0.3, -0.25) is 4.99 Å². The molecule has 1 aromatic carbocycles. The predicted molar refractivity (Wildman–Crippen MR) is 145 cm³/mol. The average Bonchev–Trinajstić information content (AvgIpc) is 3.54. The van der Waals surface area contributed by atoms with Crippen molar-refractivity contribution in [3.63, 3.8) is 0 Å². The van der Waals surface area contributed by atoms with Gasteiger partial charge in [0, 0.05) is 75.9 Å². The third-order valence-electron chi connectivity index (χ3n) is 6.15. The first-order valence-electron chi connectivity index (χ1n) is 11.3. The van der Waals surface area contributed by atoms with E-state index in [1.165, 1.54) is 18.4 Å². The summed E-state index contributed by atoms with van der Waals surface area (Å²) in [7, 11) is 5.18. The van der Waals surface area contributed by atoms with Crippen molar-refractivity contribution in [1.29, 1.82) is 0 Å². The number of nitrogens with zero attached hydrogens (tertiary/aromatic N) is 4. The van der Waals surface area contributed by atoms with Gasteiger partial charge in [-0.1, -0.05) is 0 Å². The van der Waals surface area contributed by atoms with Gasteiger partial charge in [0.2, 0.25) is 0 Å². The summed E-state index contributed by atoms with van der Waals surface area (Å²) in [5.74, 6) is 3.50. The summed E-state index contributed by atoms with van der Waals surface area (Å²) < 4.78 is 10.8. The molecule has 0 aliphatic carbocycles. The Morgan fingerprint density at radius 3 is 2.45 bits per heavy atom. The van der Waals surface area contributed by atoms with Gasteiger partial charge >= 0.3 is 0 Å². The zero-order chi connectivity index (χ0) is 22.3. The van der Waals surface area contributed by atoms with Crippen molar-refractivity contribution in [2.45, 2.75) is 31.8 Å². The molecular weight excluding hydrogens is 531 g/mol. The molecule has 0 amide bonds. The highest BCUT2D eigenvalue weighted by molar-refractivity contribution is 14.0. The number of methoxy groups -OCH3 is 2. The van der Waals surface area contributed by atoms with Gasteiger partial charge in [0.15, 0.2) is 5.96 Å². The molecule has 0 saturated carbocycles. The summed E-state index contributed by atoms with van der Waals surface area (Å²) in [6, 6.07) is 10.6. The van der Waals surface area contributed by atoms with Crippen LogP contribution in [0.3, 0.4) is 0 Å². The highest BCUT2D eigenvalue weighted by Gasteiger charge is 2.24. The van der Waals surface area contributed by atoms with Crippen molar-refractivity contribution in [3.05, 3.63) is 42.1 Å². The van der Waals surface area contributed by atoms with Crippen LogP contribution in [-0.4, -0.2) is 64.4 Å². The van der Waals surface area contributed by atoms with E-state index in [0.29, 0.717) is 12.6 Å². The Morgan fingerprint density at radius 1 is 1.06 bits per heavy atom. The number of pyridine rings is 1. The molecule has 2 aromatic rings. The fourth-order valence-corrected chi connectivity index (χ4v) is 4.35.